The van der Waals surface area contributed by atoms with Gasteiger partial charge in [0.1, 0.15) is 17.2 Å². The molecule has 0 heterocycles. The first-order chi connectivity index (χ1) is 7.97. The molecule has 0 atom stereocenters. The van der Waals surface area contributed by atoms with Crippen LogP contribution < -0.4 is 0 Å². The molecule has 0 aliphatic heterocycles. The first kappa shape index (κ1) is 11.3. The molecule has 0 unspecified atom stereocenters. The van der Waals surface area contributed by atoms with Gasteiger partial charge in [-0.2, -0.15) is 0 Å². The minimum absolute atomic E-state index is 0.00694. The molecule has 0 aromatic heterocycles. The predicted octanol–water partition coefficient (Wildman–Crippen LogP) is 3.09. The molecule has 3 heteroatoms. The number of rotatable bonds is 1. The summed E-state index contributed by atoms with van der Waals surface area (Å²) >= 11 is 0. The van der Waals surface area contributed by atoms with Gasteiger partial charge in [-0.15, -0.1) is 0 Å². The van der Waals surface area contributed by atoms with Gasteiger partial charge in [-0.1, -0.05) is 6.07 Å². The Bertz CT molecular complexity index is 530. The number of hydrogen-bond acceptors (Lipinski definition) is 3. The van der Waals surface area contributed by atoms with Crippen molar-refractivity contribution in [3.8, 4) is 28.4 Å². The van der Waals surface area contributed by atoms with E-state index in [9.17, 15) is 15.3 Å². The zero-order valence-corrected chi connectivity index (χ0v) is 9.73. The van der Waals surface area contributed by atoms with Crippen molar-refractivity contribution in [2.24, 2.45) is 0 Å². The first-order valence-electron chi connectivity index (χ1n) is 5.31. The van der Waals surface area contributed by atoms with Crippen molar-refractivity contribution in [1.82, 2.24) is 0 Å². The number of phenolic OH excluding ortho intramolecular Hbond substituents is 3. The molecule has 17 heavy (non-hydrogen) atoms. The van der Waals surface area contributed by atoms with Crippen LogP contribution in [0, 0.1) is 13.8 Å². The maximum atomic E-state index is 9.87. The predicted molar refractivity (Wildman–Crippen MR) is 66.3 cm³/mol. The van der Waals surface area contributed by atoms with Crippen LogP contribution in [0.25, 0.3) is 11.1 Å². The molecule has 0 aliphatic carbocycles. The average Bonchev–Trinajstić information content (AvgIpc) is 2.13. The van der Waals surface area contributed by atoms with Gasteiger partial charge in [0, 0.05) is 11.6 Å². The monoisotopic (exact) mass is 230 g/mol. The Morgan fingerprint density at radius 3 is 2.00 bits per heavy atom. The Balaban J connectivity index is 2.68. The fraction of sp³-hybridized carbons (Fsp3) is 0.143. The normalized spacial score (nSPS) is 10.5. The lowest BCUT2D eigenvalue weighted by atomic mass is 9.97. The van der Waals surface area contributed by atoms with Gasteiger partial charge in [-0.25, -0.2) is 0 Å². The number of aromatic hydroxyl groups is 3. The number of hydrogen-bond donors (Lipinski definition) is 3. The van der Waals surface area contributed by atoms with E-state index < -0.39 is 0 Å². The van der Waals surface area contributed by atoms with Crippen molar-refractivity contribution in [2.45, 2.75) is 13.8 Å². The Morgan fingerprint density at radius 1 is 0.765 bits per heavy atom. The van der Waals surface area contributed by atoms with Crippen molar-refractivity contribution in [1.29, 1.82) is 0 Å². The number of aryl methyl sites for hydroxylation is 2. The third kappa shape index (κ3) is 2.18. The second kappa shape index (κ2) is 4.01. The molecule has 3 nitrogen and oxygen atoms in total. The number of benzene rings is 2. The molecule has 0 bridgehead atoms. The van der Waals surface area contributed by atoms with Crippen molar-refractivity contribution in [3.05, 3.63) is 41.5 Å². The summed E-state index contributed by atoms with van der Waals surface area (Å²) in [5.41, 5.74) is 3.03. The van der Waals surface area contributed by atoms with E-state index in [1.54, 1.807) is 25.1 Å². The quantitative estimate of drug-likeness (QED) is 0.705. The van der Waals surface area contributed by atoms with Gasteiger partial charge < -0.3 is 15.3 Å². The van der Waals surface area contributed by atoms with E-state index in [0.717, 1.165) is 16.7 Å². The third-order valence-corrected chi connectivity index (χ3v) is 2.65. The van der Waals surface area contributed by atoms with E-state index in [1.165, 1.54) is 6.07 Å². The minimum atomic E-state index is 0.00694. The van der Waals surface area contributed by atoms with Crippen molar-refractivity contribution >= 4 is 0 Å². The highest BCUT2D eigenvalue weighted by molar-refractivity contribution is 5.76. The summed E-state index contributed by atoms with van der Waals surface area (Å²) in [5, 5.41) is 28.8. The maximum Gasteiger partial charge on any atom is 0.127 e. The smallest absolute Gasteiger partial charge is 0.127 e. The van der Waals surface area contributed by atoms with Gasteiger partial charge in [0.05, 0.1) is 0 Å². The second-order valence-corrected chi connectivity index (χ2v) is 4.21. The van der Waals surface area contributed by atoms with Crippen LogP contribution in [0.2, 0.25) is 0 Å². The number of phenols is 3. The Labute approximate surface area is 99.6 Å². The highest BCUT2D eigenvalue weighted by Gasteiger charge is 2.10. The molecular weight excluding hydrogens is 216 g/mol. The molecule has 2 aromatic rings. The summed E-state index contributed by atoms with van der Waals surface area (Å²) in [6, 6.07) is 7.98. The molecule has 0 aliphatic rings. The molecule has 0 radical (unpaired) electrons. The fourth-order valence-corrected chi connectivity index (χ4v) is 2.03. The summed E-state index contributed by atoms with van der Waals surface area (Å²) in [5.74, 6) is 0.194. The van der Waals surface area contributed by atoms with Crippen LogP contribution in [-0.2, 0) is 0 Å². The van der Waals surface area contributed by atoms with E-state index >= 15 is 0 Å². The van der Waals surface area contributed by atoms with Crippen LogP contribution >= 0.6 is 0 Å². The Kier molecular flexibility index (Phi) is 2.68. The summed E-state index contributed by atoms with van der Waals surface area (Å²) in [6.45, 7) is 3.67. The highest BCUT2D eigenvalue weighted by Crippen LogP contribution is 2.37. The van der Waals surface area contributed by atoms with E-state index in [0.29, 0.717) is 5.56 Å². The zero-order chi connectivity index (χ0) is 12.6. The molecule has 0 amide bonds. The second-order valence-electron chi connectivity index (χ2n) is 4.21. The SMILES string of the molecule is Cc1cc(O)cc(-c2c(C)cc(O)cc2O)c1. The largest absolute Gasteiger partial charge is 0.508 e. The molecule has 0 saturated heterocycles. The molecule has 88 valence electrons. The van der Waals surface area contributed by atoms with Gasteiger partial charge in [-0.05, 0) is 48.7 Å². The van der Waals surface area contributed by atoms with Crippen LogP contribution in [0.4, 0.5) is 0 Å². The van der Waals surface area contributed by atoms with Crippen LogP contribution in [0.15, 0.2) is 30.3 Å². The van der Waals surface area contributed by atoms with E-state index in [4.69, 9.17) is 0 Å². The lowest BCUT2D eigenvalue weighted by Crippen LogP contribution is -1.86. The summed E-state index contributed by atoms with van der Waals surface area (Å²) < 4.78 is 0. The topological polar surface area (TPSA) is 60.7 Å². The minimum Gasteiger partial charge on any atom is -0.508 e. The van der Waals surface area contributed by atoms with Crippen LogP contribution in [0.3, 0.4) is 0 Å². The van der Waals surface area contributed by atoms with Crippen LogP contribution in [-0.4, -0.2) is 15.3 Å². The fourth-order valence-electron chi connectivity index (χ4n) is 2.03. The molecule has 2 rings (SSSR count). The molecule has 0 spiro atoms. The molecule has 0 saturated carbocycles. The lowest BCUT2D eigenvalue weighted by molar-refractivity contribution is 0.451. The Morgan fingerprint density at radius 2 is 1.41 bits per heavy atom. The van der Waals surface area contributed by atoms with Crippen LogP contribution in [0.5, 0.6) is 17.2 Å². The van der Waals surface area contributed by atoms with E-state index in [2.05, 4.69) is 0 Å². The summed E-state index contributed by atoms with van der Waals surface area (Å²) in [7, 11) is 0. The van der Waals surface area contributed by atoms with Gasteiger partial charge in [0.15, 0.2) is 0 Å². The lowest BCUT2D eigenvalue weighted by Gasteiger charge is -2.10. The van der Waals surface area contributed by atoms with Crippen molar-refractivity contribution < 1.29 is 15.3 Å². The molecule has 0 fully saturated rings. The highest BCUT2D eigenvalue weighted by atomic mass is 16.3. The van der Waals surface area contributed by atoms with Crippen molar-refractivity contribution in [2.75, 3.05) is 0 Å². The van der Waals surface area contributed by atoms with Gasteiger partial charge >= 0.3 is 0 Å². The molecular formula is C14H14O3. The Hall–Kier alpha value is -2.16. The van der Waals surface area contributed by atoms with Gasteiger partial charge in [-0.3, -0.25) is 0 Å². The zero-order valence-electron chi connectivity index (χ0n) is 9.73. The van der Waals surface area contributed by atoms with Crippen LogP contribution in [0.1, 0.15) is 11.1 Å². The molecule has 3 N–H and O–H groups in total. The van der Waals surface area contributed by atoms with Crippen molar-refractivity contribution in [3.63, 3.8) is 0 Å². The standard InChI is InChI=1S/C14H14O3/c1-8-3-10(6-11(15)4-8)14-9(2)5-12(16)7-13(14)17/h3-7,15-17H,1-2H3. The van der Waals surface area contributed by atoms with E-state index in [1.807, 2.05) is 13.0 Å². The maximum absolute atomic E-state index is 9.87. The van der Waals surface area contributed by atoms with E-state index in [-0.39, 0.29) is 17.2 Å². The first-order valence-corrected chi connectivity index (χ1v) is 5.31. The third-order valence-electron chi connectivity index (χ3n) is 2.65. The van der Waals surface area contributed by atoms with Gasteiger partial charge in [0.25, 0.3) is 0 Å². The average molecular weight is 230 g/mol. The summed E-state index contributed by atoms with van der Waals surface area (Å²) in [6.07, 6.45) is 0. The van der Waals surface area contributed by atoms with Gasteiger partial charge in [0.2, 0.25) is 0 Å². The summed E-state index contributed by atoms with van der Waals surface area (Å²) in [4.78, 5) is 0. The molecule has 2 aromatic carbocycles.